The molecule has 1 saturated carbocycles. The molecule has 6 nitrogen and oxygen atoms in total. The van der Waals surface area contributed by atoms with E-state index in [1.165, 1.54) is 31.4 Å². The first-order chi connectivity index (χ1) is 14.0. The Bertz CT molecular complexity index is 1010. The van der Waals surface area contributed by atoms with Crippen LogP contribution in [-0.4, -0.2) is 29.7 Å². The molecule has 7 heteroatoms. The van der Waals surface area contributed by atoms with Crippen LogP contribution in [0.4, 0.5) is 5.69 Å². The largest absolute Gasteiger partial charge is 0.399 e. The molecule has 1 heterocycles. The van der Waals surface area contributed by atoms with Crippen molar-refractivity contribution in [3.63, 3.8) is 0 Å². The highest BCUT2D eigenvalue weighted by molar-refractivity contribution is 7.92. The van der Waals surface area contributed by atoms with Crippen LogP contribution in [0.2, 0.25) is 0 Å². The molecule has 0 saturated heterocycles. The Morgan fingerprint density at radius 1 is 1.20 bits per heavy atom. The van der Waals surface area contributed by atoms with Gasteiger partial charge in [-0.2, -0.15) is 5.10 Å². The van der Waals surface area contributed by atoms with E-state index in [0.717, 1.165) is 18.5 Å². The number of carbonyl (C=O) groups excluding carboxylic acids is 1. The van der Waals surface area contributed by atoms with E-state index in [2.05, 4.69) is 6.92 Å². The van der Waals surface area contributed by atoms with Gasteiger partial charge >= 0.3 is 0 Å². The third-order valence-corrected chi connectivity index (χ3v) is 7.66. The molecule has 30 heavy (non-hydrogen) atoms. The zero-order chi connectivity index (χ0) is 22.1. The SMILES string of the molecule is CC(C1CCCCC1)n1nc(C(C)(C)C)cc1C(=O)CS(=O)(=O)c1cccc(N)c1. The molecule has 1 aliphatic rings. The van der Waals surface area contributed by atoms with Crippen LogP contribution in [0.25, 0.3) is 0 Å². The highest BCUT2D eigenvalue weighted by Crippen LogP contribution is 2.34. The summed E-state index contributed by atoms with van der Waals surface area (Å²) in [6, 6.07) is 7.90. The number of sulfone groups is 1. The minimum absolute atomic E-state index is 0.0513. The molecule has 164 valence electrons. The van der Waals surface area contributed by atoms with Gasteiger partial charge < -0.3 is 5.73 Å². The van der Waals surface area contributed by atoms with Crippen LogP contribution in [0.3, 0.4) is 0 Å². The van der Waals surface area contributed by atoms with E-state index < -0.39 is 21.4 Å². The molecular formula is C23H33N3O3S. The molecule has 1 aliphatic carbocycles. The van der Waals surface area contributed by atoms with E-state index in [1.54, 1.807) is 22.9 Å². The molecule has 1 atom stereocenters. The number of rotatable bonds is 6. The number of anilines is 1. The van der Waals surface area contributed by atoms with Crippen LogP contribution in [0.1, 0.15) is 82.0 Å². The monoisotopic (exact) mass is 431 g/mol. The summed E-state index contributed by atoms with van der Waals surface area (Å²) in [6.07, 6.45) is 5.85. The zero-order valence-corrected chi connectivity index (χ0v) is 19.2. The lowest BCUT2D eigenvalue weighted by molar-refractivity contribution is 0.0999. The summed E-state index contributed by atoms with van der Waals surface area (Å²) in [5.41, 5.74) is 7.03. The van der Waals surface area contributed by atoms with Gasteiger partial charge in [-0.3, -0.25) is 9.48 Å². The lowest BCUT2D eigenvalue weighted by Gasteiger charge is -2.29. The van der Waals surface area contributed by atoms with Crippen LogP contribution in [-0.2, 0) is 15.3 Å². The third-order valence-electron chi connectivity index (χ3n) is 6.05. The second-order valence-electron chi connectivity index (χ2n) is 9.50. The Kier molecular flexibility index (Phi) is 6.41. The average molecular weight is 432 g/mol. The quantitative estimate of drug-likeness (QED) is 0.534. The van der Waals surface area contributed by atoms with Gasteiger partial charge in [-0.05, 0) is 49.9 Å². The smallest absolute Gasteiger partial charge is 0.196 e. The number of ketones is 1. The summed E-state index contributed by atoms with van der Waals surface area (Å²) in [6.45, 7) is 8.23. The predicted molar refractivity (Wildman–Crippen MR) is 119 cm³/mol. The molecular weight excluding hydrogens is 398 g/mol. The van der Waals surface area contributed by atoms with Crippen molar-refractivity contribution in [3.05, 3.63) is 41.7 Å². The summed E-state index contributed by atoms with van der Waals surface area (Å²) in [4.78, 5) is 13.3. The minimum atomic E-state index is -3.79. The first kappa shape index (κ1) is 22.5. The van der Waals surface area contributed by atoms with Crippen molar-refractivity contribution in [3.8, 4) is 0 Å². The lowest BCUT2D eigenvalue weighted by atomic mass is 9.84. The minimum Gasteiger partial charge on any atom is -0.399 e. The van der Waals surface area contributed by atoms with E-state index in [4.69, 9.17) is 10.8 Å². The fourth-order valence-electron chi connectivity index (χ4n) is 4.13. The van der Waals surface area contributed by atoms with Crippen LogP contribution < -0.4 is 5.73 Å². The number of carbonyl (C=O) groups is 1. The number of nitrogen functional groups attached to an aromatic ring is 1. The van der Waals surface area contributed by atoms with E-state index in [0.29, 0.717) is 17.3 Å². The number of nitrogens with two attached hydrogens (primary N) is 1. The summed E-state index contributed by atoms with van der Waals surface area (Å²) in [5, 5.41) is 4.78. The van der Waals surface area contributed by atoms with Crippen molar-refractivity contribution >= 4 is 21.3 Å². The molecule has 1 fully saturated rings. The van der Waals surface area contributed by atoms with Crippen molar-refractivity contribution in [1.29, 1.82) is 0 Å². The zero-order valence-electron chi connectivity index (χ0n) is 18.4. The topological polar surface area (TPSA) is 95.0 Å². The van der Waals surface area contributed by atoms with Gasteiger partial charge in [0.2, 0.25) is 0 Å². The normalized spacial score (nSPS) is 17.1. The highest BCUT2D eigenvalue weighted by atomic mass is 32.2. The first-order valence-corrected chi connectivity index (χ1v) is 12.4. The van der Waals surface area contributed by atoms with Gasteiger partial charge in [-0.15, -0.1) is 0 Å². The van der Waals surface area contributed by atoms with Gasteiger partial charge in [-0.1, -0.05) is 46.1 Å². The maximum atomic E-state index is 13.2. The second kappa shape index (κ2) is 8.53. The number of benzene rings is 1. The molecule has 2 N–H and O–H groups in total. The summed E-state index contributed by atoms with van der Waals surface area (Å²) in [5.74, 6) is -0.574. The number of aromatic nitrogens is 2. The summed E-state index contributed by atoms with van der Waals surface area (Å²) < 4.78 is 27.5. The van der Waals surface area contributed by atoms with Gasteiger partial charge in [0, 0.05) is 11.1 Å². The van der Waals surface area contributed by atoms with Crippen molar-refractivity contribution in [2.75, 3.05) is 11.5 Å². The third kappa shape index (κ3) is 4.94. The Labute approximate surface area is 179 Å². The van der Waals surface area contributed by atoms with Crippen molar-refractivity contribution < 1.29 is 13.2 Å². The van der Waals surface area contributed by atoms with Crippen LogP contribution in [0.15, 0.2) is 35.2 Å². The molecule has 2 aromatic rings. The first-order valence-electron chi connectivity index (χ1n) is 10.7. The Balaban J connectivity index is 1.95. The fourth-order valence-corrected chi connectivity index (χ4v) is 5.40. The molecule has 1 aromatic carbocycles. The molecule has 0 amide bonds. The molecule has 0 bridgehead atoms. The van der Waals surface area contributed by atoms with Crippen molar-refractivity contribution in [2.24, 2.45) is 5.92 Å². The van der Waals surface area contributed by atoms with Crippen LogP contribution in [0.5, 0.6) is 0 Å². The van der Waals surface area contributed by atoms with E-state index in [-0.39, 0.29) is 16.4 Å². The van der Waals surface area contributed by atoms with Crippen LogP contribution in [0, 0.1) is 5.92 Å². The standard InChI is InChI=1S/C23H33N3O3S/c1-16(17-9-6-5-7-10-17)26-20(14-22(25-26)23(2,3)4)21(27)15-30(28,29)19-12-8-11-18(24)13-19/h8,11-14,16-17H,5-7,9-10,15,24H2,1-4H3. The highest BCUT2D eigenvalue weighted by Gasteiger charge is 2.31. The molecule has 0 aliphatic heterocycles. The van der Waals surface area contributed by atoms with E-state index in [9.17, 15) is 13.2 Å². The van der Waals surface area contributed by atoms with Gasteiger partial charge in [-0.25, -0.2) is 8.42 Å². The molecule has 3 rings (SSSR count). The van der Waals surface area contributed by atoms with Gasteiger partial charge in [0.05, 0.1) is 16.6 Å². The molecule has 1 unspecified atom stereocenters. The second-order valence-corrected chi connectivity index (χ2v) is 11.5. The number of nitrogens with zero attached hydrogens (tertiary/aromatic N) is 2. The van der Waals surface area contributed by atoms with E-state index >= 15 is 0 Å². The van der Waals surface area contributed by atoms with Gasteiger partial charge in [0.1, 0.15) is 11.4 Å². The summed E-state index contributed by atoms with van der Waals surface area (Å²) >= 11 is 0. The van der Waals surface area contributed by atoms with Crippen LogP contribution >= 0.6 is 0 Å². The predicted octanol–water partition coefficient (Wildman–Crippen LogP) is 4.56. The number of hydrogen-bond donors (Lipinski definition) is 1. The molecule has 0 spiro atoms. The lowest BCUT2D eigenvalue weighted by Crippen LogP contribution is -2.26. The number of hydrogen-bond acceptors (Lipinski definition) is 5. The van der Waals surface area contributed by atoms with Gasteiger partial charge in [0.25, 0.3) is 0 Å². The van der Waals surface area contributed by atoms with E-state index in [1.807, 2.05) is 20.8 Å². The maximum absolute atomic E-state index is 13.2. The van der Waals surface area contributed by atoms with Crippen molar-refractivity contribution in [1.82, 2.24) is 9.78 Å². The average Bonchev–Trinajstić information content (AvgIpc) is 3.14. The molecule has 0 radical (unpaired) electrons. The number of Topliss-reactive ketones (excluding diaryl/α,β-unsaturated/α-hetero) is 1. The Morgan fingerprint density at radius 2 is 1.87 bits per heavy atom. The fraction of sp³-hybridized carbons (Fsp3) is 0.565. The molecule has 1 aromatic heterocycles. The van der Waals surface area contributed by atoms with Crippen molar-refractivity contribution in [2.45, 2.75) is 76.2 Å². The Morgan fingerprint density at radius 3 is 2.47 bits per heavy atom. The van der Waals surface area contributed by atoms with Gasteiger partial charge in [0.15, 0.2) is 15.6 Å². The summed E-state index contributed by atoms with van der Waals surface area (Å²) in [7, 11) is -3.79. The maximum Gasteiger partial charge on any atom is 0.196 e. The Hall–Kier alpha value is -2.15.